The Hall–Kier alpha value is -3.34. The van der Waals surface area contributed by atoms with Gasteiger partial charge in [-0.15, -0.1) is 0 Å². The first kappa shape index (κ1) is 16.5. The van der Waals surface area contributed by atoms with E-state index in [1.54, 1.807) is 42.5 Å². The number of aryl methyl sites for hydroxylation is 1. The number of furan rings is 1. The molecular weight excluding hydrogens is 316 g/mol. The molecule has 0 unspecified atom stereocenters. The molecule has 0 saturated heterocycles. The zero-order valence-corrected chi connectivity index (χ0v) is 14.0. The van der Waals surface area contributed by atoms with Crippen molar-refractivity contribution < 1.29 is 14.0 Å². The molecule has 126 valence electrons. The van der Waals surface area contributed by atoms with E-state index in [4.69, 9.17) is 4.42 Å². The maximum atomic E-state index is 12.5. The second kappa shape index (κ2) is 7.05. The minimum absolute atomic E-state index is 0.185. The van der Waals surface area contributed by atoms with E-state index in [0.29, 0.717) is 16.9 Å². The van der Waals surface area contributed by atoms with Gasteiger partial charge in [0.15, 0.2) is 5.76 Å². The highest BCUT2D eigenvalue weighted by atomic mass is 16.3. The zero-order chi connectivity index (χ0) is 17.8. The molecule has 0 aliphatic heterocycles. The number of benzene rings is 2. The van der Waals surface area contributed by atoms with Gasteiger partial charge in [0.1, 0.15) is 0 Å². The smallest absolute Gasteiger partial charge is 0.291 e. The minimum atomic E-state index is -0.344. The number of amides is 2. The lowest BCUT2D eigenvalue weighted by molar-refractivity contribution is 0.0995. The van der Waals surface area contributed by atoms with Gasteiger partial charge in [-0.05, 0) is 61.4 Å². The largest absolute Gasteiger partial charge is 0.459 e. The van der Waals surface area contributed by atoms with E-state index < -0.39 is 0 Å². The third kappa shape index (κ3) is 3.77. The van der Waals surface area contributed by atoms with Gasteiger partial charge in [-0.1, -0.05) is 18.2 Å². The van der Waals surface area contributed by atoms with Crippen LogP contribution in [0.4, 0.5) is 11.4 Å². The fraction of sp³-hybridized carbons (Fsp3) is 0.100. The lowest BCUT2D eigenvalue weighted by Crippen LogP contribution is -2.15. The molecule has 1 aromatic heterocycles. The maximum Gasteiger partial charge on any atom is 0.291 e. The van der Waals surface area contributed by atoms with Crippen molar-refractivity contribution in [3.8, 4) is 0 Å². The molecule has 1 heterocycles. The Labute approximate surface area is 145 Å². The van der Waals surface area contributed by atoms with Crippen LogP contribution >= 0.6 is 0 Å². The van der Waals surface area contributed by atoms with Crippen LogP contribution in [-0.4, -0.2) is 11.8 Å². The molecule has 2 amide bonds. The van der Waals surface area contributed by atoms with Crippen molar-refractivity contribution >= 4 is 23.2 Å². The summed E-state index contributed by atoms with van der Waals surface area (Å²) in [5.41, 5.74) is 3.81. The standard InChI is InChI=1S/C20H18N2O3/c1-13-6-3-9-17(14(13)2)19(23)21-15-7-4-8-16(12-15)22-20(24)18-10-5-11-25-18/h3-12H,1-2H3,(H,21,23)(H,22,24). The summed E-state index contributed by atoms with van der Waals surface area (Å²) in [4.78, 5) is 24.5. The van der Waals surface area contributed by atoms with Crippen molar-refractivity contribution in [2.24, 2.45) is 0 Å². The molecule has 0 atom stereocenters. The molecule has 0 fully saturated rings. The van der Waals surface area contributed by atoms with Crippen molar-refractivity contribution in [1.29, 1.82) is 0 Å². The number of hydrogen-bond donors (Lipinski definition) is 2. The first-order valence-electron chi connectivity index (χ1n) is 7.87. The quantitative estimate of drug-likeness (QED) is 0.743. The summed E-state index contributed by atoms with van der Waals surface area (Å²) in [6.07, 6.45) is 1.44. The van der Waals surface area contributed by atoms with Crippen LogP contribution in [0.5, 0.6) is 0 Å². The monoisotopic (exact) mass is 334 g/mol. The Morgan fingerprint density at radius 2 is 1.52 bits per heavy atom. The third-order valence-electron chi connectivity index (χ3n) is 3.97. The second-order valence-corrected chi connectivity index (χ2v) is 5.71. The first-order chi connectivity index (χ1) is 12.0. The number of carbonyl (C=O) groups excluding carboxylic acids is 2. The summed E-state index contributed by atoms with van der Waals surface area (Å²) in [5.74, 6) is -0.302. The zero-order valence-electron chi connectivity index (χ0n) is 14.0. The Bertz CT molecular complexity index is 914. The van der Waals surface area contributed by atoms with E-state index >= 15 is 0 Å². The van der Waals surface area contributed by atoms with Crippen molar-refractivity contribution in [1.82, 2.24) is 0 Å². The van der Waals surface area contributed by atoms with Crippen molar-refractivity contribution in [3.63, 3.8) is 0 Å². The fourth-order valence-electron chi connectivity index (χ4n) is 2.47. The van der Waals surface area contributed by atoms with Crippen LogP contribution in [0.25, 0.3) is 0 Å². The topological polar surface area (TPSA) is 71.3 Å². The predicted molar refractivity (Wildman–Crippen MR) is 97.0 cm³/mol. The summed E-state index contributed by atoms with van der Waals surface area (Å²) in [5, 5.41) is 5.60. The fourth-order valence-corrected chi connectivity index (χ4v) is 2.47. The SMILES string of the molecule is Cc1cccc(C(=O)Nc2cccc(NC(=O)c3ccco3)c2)c1C. The summed E-state index contributed by atoms with van der Waals surface area (Å²) in [6.45, 7) is 3.89. The van der Waals surface area contributed by atoms with Gasteiger partial charge >= 0.3 is 0 Å². The number of anilines is 2. The van der Waals surface area contributed by atoms with Crippen molar-refractivity contribution in [2.45, 2.75) is 13.8 Å². The summed E-state index contributed by atoms with van der Waals surface area (Å²) in [7, 11) is 0. The molecule has 0 radical (unpaired) electrons. The van der Waals surface area contributed by atoms with Crippen LogP contribution in [0.1, 0.15) is 32.0 Å². The van der Waals surface area contributed by atoms with E-state index in [2.05, 4.69) is 10.6 Å². The van der Waals surface area contributed by atoms with Gasteiger partial charge in [-0.3, -0.25) is 9.59 Å². The van der Waals surface area contributed by atoms with Crippen molar-refractivity contribution in [3.05, 3.63) is 83.3 Å². The van der Waals surface area contributed by atoms with E-state index in [1.165, 1.54) is 6.26 Å². The van der Waals surface area contributed by atoms with Gasteiger partial charge in [-0.25, -0.2) is 0 Å². The van der Waals surface area contributed by atoms with Gasteiger partial charge in [0.2, 0.25) is 0 Å². The van der Waals surface area contributed by atoms with E-state index in [1.807, 2.05) is 26.0 Å². The van der Waals surface area contributed by atoms with E-state index in [-0.39, 0.29) is 17.6 Å². The number of rotatable bonds is 4. The Morgan fingerprint density at radius 1 is 0.840 bits per heavy atom. The number of nitrogens with one attached hydrogen (secondary N) is 2. The molecule has 0 aliphatic rings. The molecule has 0 aliphatic carbocycles. The molecule has 3 rings (SSSR count). The van der Waals surface area contributed by atoms with Crippen LogP contribution in [0.15, 0.2) is 65.3 Å². The van der Waals surface area contributed by atoms with Gasteiger partial charge in [0.05, 0.1) is 6.26 Å². The Balaban J connectivity index is 1.74. The number of hydrogen-bond acceptors (Lipinski definition) is 3. The van der Waals surface area contributed by atoms with E-state index in [0.717, 1.165) is 11.1 Å². The summed E-state index contributed by atoms with van der Waals surface area (Å²) >= 11 is 0. The first-order valence-corrected chi connectivity index (χ1v) is 7.87. The van der Waals surface area contributed by atoms with Crippen LogP contribution in [-0.2, 0) is 0 Å². The Kier molecular flexibility index (Phi) is 4.66. The molecular formula is C20H18N2O3. The van der Waals surface area contributed by atoms with Gasteiger partial charge in [0.25, 0.3) is 11.8 Å². The lowest BCUT2D eigenvalue weighted by Gasteiger charge is -2.11. The average molecular weight is 334 g/mol. The highest BCUT2D eigenvalue weighted by Crippen LogP contribution is 2.19. The summed E-state index contributed by atoms with van der Waals surface area (Å²) < 4.78 is 5.06. The molecule has 25 heavy (non-hydrogen) atoms. The second-order valence-electron chi connectivity index (χ2n) is 5.71. The van der Waals surface area contributed by atoms with Gasteiger partial charge in [0, 0.05) is 16.9 Å². The molecule has 0 bridgehead atoms. The Morgan fingerprint density at radius 3 is 2.20 bits per heavy atom. The average Bonchev–Trinajstić information content (AvgIpc) is 3.12. The van der Waals surface area contributed by atoms with Crippen LogP contribution in [0.2, 0.25) is 0 Å². The molecule has 0 saturated carbocycles. The highest BCUT2D eigenvalue weighted by Gasteiger charge is 2.12. The normalized spacial score (nSPS) is 10.3. The van der Waals surface area contributed by atoms with Crippen molar-refractivity contribution in [2.75, 3.05) is 10.6 Å². The maximum absolute atomic E-state index is 12.5. The molecule has 5 nitrogen and oxygen atoms in total. The summed E-state index contributed by atoms with van der Waals surface area (Å²) in [6, 6.07) is 15.8. The van der Waals surface area contributed by atoms with Crippen LogP contribution in [0, 0.1) is 13.8 Å². The molecule has 5 heteroatoms. The van der Waals surface area contributed by atoms with Gasteiger partial charge in [-0.2, -0.15) is 0 Å². The third-order valence-corrected chi connectivity index (χ3v) is 3.97. The lowest BCUT2D eigenvalue weighted by atomic mass is 10.0. The highest BCUT2D eigenvalue weighted by molar-refractivity contribution is 6.06. The number of carbonyl (C=O) groups is 2. The van der Waals surface area contributed by atoms with Gasteiger partial charge < -0.3 is 15.1 Å². The van der Waals surface area contributed by atoms with E-state index in [9.17, 15) is 9.59 Å². The molecule has 3 aromatic rings. The molecule has 0 spiro atoms. The van der Waals surface area contributed by atoms with Crippen LogP contribution < -0.4 is 10.6 Å². The minimum Gasteiger partial charge on any atom is -0.459 e. The molecule has 2 aromatic carbocycles. The molecule has 2 N–H and O–H groups in total. The van der Waals surface area contributed by atoms with Crippen LogP contribution in [0.3, 0.4) is 0 Å². The predicted octanol–water partition coefficient (Wildman–Crippen LogP) is 4.40.